The van der Waals surface area contributed by atoms with Crippen LogP contribution < -0.4 is 5.73 Å². The van der Waals surface area contributed by atoms with Crippen molar-refractivity contribution in [1.29, 1.82) is 0 Å². The third kappa shape index (κ3) is 2.60. The first-order valence-electron chi connectivity index (χ1n) is 7.17. The van der Waals surface area contributed by atoms with Crippen molar-refractivity contribution in [3.8, 4) is 0 Å². The minimum absolute atomic E-state index is 0.389. The first-order chi connectivity index (χ1) is 8.65. The Balaban J connectivity index is 2.29. The second kappa shape index (κ2) is 5.85. The molecule has 0 amide bonds. The van der Waals surface area contributed by atoms with Gasteiger partial charge in [-0.1, -0.05) is 24.6 Å². The lowest BCUT2D eigenvalue weighted by atomic mass is 9.93. The molecule has 0 aromatic heterocycles. The van der Waals surface area contributed by atoms with E-state index in [4.69, 9.17) is 5.73 Å². The third-order valence-electron chi connectivity index (χ3n) is 4.48. The fourth-order valence-corrected chi connectivity index (χ4v) is 3.16. The van der Waals surface area contributed by atoms with Crippen molar-refractivity contribution in [3.63, 3.8) is 0 Å². The zero-order valence-corrected chi connectivity index (χ0v) is 11.9. The molecular formula is C16H26N2. The topological polar surface area (TPSA) is 29.3 Å². The van der Waals surface area contributed by atoms with E-state index in [2.05, 4.69) is 43.9 Å². The SMILES string of the molecule is Cc1cccc(C(CN)N2CCCCC2C)c1C. The van der Waals surface area contributed by atoms with E-state index in [1.54, 1.807) is 0 Å². The molecule has 2 N–H and O–H groups in total. The predicted octanol–water partition coefficient (Wildman–Crippen LogP) is 3.18. The molecule has 2 atom stereocenters. The summed E-state index contributed by atoms with van der Waals surface area (Å²) in [7, 11) is 0. The second-order valence-corrected chi connectivity index (χ2v) is 5.62. The first kappa shape index (κ1) is 13.6. The Morgan fingerprint density at radius 2 is 2.11 bits per heavy atom. The van der Waals surface area contributed by atoms with Gasteiger partial charge in [0.25, 0.3) is 0 Å². The lowest BCUT2D eigenvalue weighted by Crippen LogP contribution is -2.43. The number of rotatable bonds is 3. The van der Waals surface area contributed by atoms with Crippen LogP contribution in [0, 0.1) is 13.8 Å². The molecule has 1 aromatic carbocycles. The zero-order chi connectivity index (χ0) is 13.1. The highest BCUT2D eigenvalue weighted by atomic mass is 15.2. The average Bonchev–Trinajstić information content (AvgIpc) is 2.37. The molecule has 2 nitrogen and oxygen atoms in total. The molecule has 18 heavy (non-hydrogen) atoms. The fourth-order valence-electron chi connectivity index (χ4n) is 3.16. The zero-order valence-electron chi connectivity index (χ0n) is 11.9. The van der Waals surface area contributed by atoms with Crippen LogP contribution in [0.4, 0.5) is 0 Å². The summed E-state index contributed by atoms with van der Waals surface area (Å²) >= 11 is 0. The van der Waals surface area contributed by atoms with Gasteiger partial charge in [0, 0.05) is 18.6 Å². The van der Waals surface area contributed by atoms with Crippen LogP contribution in [-0.2, 0) is 0 Å². The van der Waals surface area contributed by atoms with Crippen LogP contribution in [0.1, 0.15) is 48.9 Å². The maximum Gasteiger partial charge on any atom is 0.0475 e. The molecule has 0 radical (unpaired) electrons. The number of nitrogens with zero attached hydrogens (tertiary/aromatic N) is 1. The van der Waals surface area contributed by atoms with Crippen LogP contribution in [0.25, 0.3) is 0 Å². The summed E-state index contributed by atoms with van der Waals surface area (Å²) in [5, 5.41) is 0. The molecule has 100 valence electrons. The van der Waals surface area contributed by atoms with E-state index in [1.807, 2.05) is 0 Å². The number of aryl methyl sites for hydroxylation is 1. The summed E-state index contributed by atoms with van der Waals surface area (Å²) in [6.07, 6.45) is 3.98. The standard InChI is InChI=1S/C16H26N2/c1-12-7-6-9-15(14(12)3)16(11-17)18-10-5-4-8-13(18)2/h6-7,9,13,16H,4-5,8,10-11,17H2,1-3H3. The van der Waals surface area contributed by atoms with Gasteiger partial charge in [-0.2, -0.15) is 0 Å². The maximum atomic E-state index is 6.08. The largest absolute Gasteiger partial charge is 0.329 e. The quantitative estimate of drug-likeness (QED) is 0.887. The normalized spacial score (nSPS) is 23.0. The van der Waals surface area contributed by atoms with Gasteiger partial charge >= 0.3 is 0 Å². The van der Waals surface area contributed by atoms with Crippen molar-refractivity contribution in [2.45, 2.75) is 52.1 Å². The number of likely N-dealkylation sites (tertiary alicyclic amines) is 1. The number of benzene rings is 1. The van der Waals surface area contributed by atoms with Crippen molar-refractivity contribution in [2.24, 2.45) is 5.73 Å². The molecule has 1 saturated heterocycles. The monoisotopic (exact) mass is 246 g/mol. The van der Waals surface area contributed by atoms with E-state index >= 15 is 0 Å². The Bertz CT molecular complexity index is 400. The molecule has 1 fully saturated rings. The van der Waals surface area contributed by atoms with Crippen LogP contribution in [0.2, 0.25) is 0 Å². The van der Waals surface area contributed by atoms with Gasteiger partial charge < -0.3 is 5.73 Å². The van der Waals surface area contributed by atoms with Gasteiger partial charge in [-0.25, -0.2) is 0 Å². The second-order valence-electron chi connectivity index (χ2n) is 5.62. The van der Waals surface area contributed by atoms with E-state index in [1.165, 1.54) is 42.5 Å². The highest BCUT2D eigenvalue weighted by Gasteiger charge is 2.27. The molecule has 2 heteroatoms. The molecule has 1 aliphatic rings. The van der Waals surface area contributed by atoms with Crippen molar-refractivity contribution in [3.05, 3.63) is 34.9 Å². The lowest BCUT2D eigenvalue weighted by Gasteiger charge is -2.40. The van der Waals surface area contributed by atoms with Crippen molar-refractivity contribution < 1.29 is 0 Å². The highest BCUT2D eigenvalue weighted by molar-refractivity contribution is 5.35. The van der Waals surface area contributed by atoms with E-state index in [0.29, 0.717) is 18.6 Å². The van der Waals surface area contributed by atoms with Gasteiger partial charge in [-0.3, -0.25) is 4.90 Å². The third-order valence-corrected chi connectivity index (χ3v) is 4.48. The van der Waals surface area contributed by atoms with Gasteiger partial charge in [0.05, 0.1) is 0 Å². The lowest BCUT2D eigenvalue weighted by molar-refractivity contribution is 0.108. The van der Waals surface area contributed by atoms with E-state index in [-0.39, 0.29) is 0 Å². The summed E-state index contributed by atoms with van der Waals surface area (Å²) in [6.45, 7) is 8.66. The van der Waals surface area contributed by atoms with Gasteiger partial charge in [0.15, 0.2) is 0 Å². The highest BCUT2D eigenvalue weighted by Crippen LogP contribution is 2.30. The van der Waals surface area contributed by atoms with Gasteiger partial charge in [-0.05, 0) is 56.8 Å². The van der Waals surface area contributed by atoms with Crippen LogP contribution in [0.15, 0.2) is 18.2 Å². The molecule has 2 unspecified atom stereocenters. The molecule has 2 rings (SSSR count). The minimum Gasteiger partial charge on any atom is -0.329 e. The summed E-state index contributed by atoms with van der Waals surface area (Å²) in [6, 6.07) is 7.65. The smallest absolute Gasteiger partial charge is 0.0475 e. The Labute approximate surface area is 111 Å². The average molecular weight is 246 g/mol. The van der Waals surface area contributed by atoms with Crippen molar-refractivity contribution in [2.75, 3.05) is 13.1 Å². The number of hydrogen-bond donors (Lipinski definition) is 1. The van der Waals surface area contributed by atoms with Crippen LogP contribution >= 0.6 is 0 Å². The van der Waals surface area contributed by atoms with Gasteiger partial charge in [0.1, 0.15) is 0 Å². The number of hydrogen-bond acceptors (Lipinski definition) is 2. The molecule has 1 aromatic rings. The molecule has 0 spiro atoms. The predicted molar refractivity (Wildman–Crippen MR) is 77.7 cm³/mol. The molecular weight excluding hydrogens is 220 g/mol. The summed E-state index contributed by atoms with van der Waals surface area (Å²) in [5.41, 5.74) is 10.3. The molecule has 1 aliphatic heterocycles. The fraction of sp³-hybridized carbons (Fsp3) is 0.625. The van der Waals surface area contributed by atoms with Crippen molar-refractivity contribution >= 4 is 0 Å². The van der Waals surface area contributed by atoms with Gasteiger partial charge in [0.2, 0.25) is 0 Å². The van der Waals surface area contributed by atoms with Crippen LogP contribution in [-0.4, -0.2) is 24.0 Å². The summed E-state index contributed by atoms with van der Waals surface area (Å²) < 4.78 is 0. The van der Waals surface area contributed by atoms with Crippen molar-refractivity contribution in [1.82, 2.24) is 4.90 Å². The molecule has 1 heterocycles. The first-order valence-corrected chi connectivity index (χ1v) is 7.17. The number of piperidine rings is 1. The van der Waals surface area contributed by atoms with Crippen LogP contribution in [0.3, 0.4) is 0 Å². The van der Waals surface area contributed by atoms with Gasteiger partial charge in [-0.15, -0.1) is 0 Å². The van der Waals surface area contributed by atoms with E-state index in [9.17, 15) is 0 Å². The maximum absolute atomic E-state index is 6.08. The Morgan fingerprint density at radius 3 is 2.78 bits per heavy atom. The Morgan fingerprint density at radius 1 is 1.33 bits per heavy atom. The van der Waals surface area contributed by atoms with E-state index in [0.717, 1.165) is 0 Å². The number of nitrogens with two attached hydrogens (primary N) is 1. The summed E-state index contributed by atoms with van der Waals surface area (Å²) in [5.74, 6) is 0. The molecule has 0 bridgehead atoms. The Kier molecular flexibility index (Phi) is 4.41. The molecule has 0 aliphatic carbocycles. The van der Waals surface area contributed by atoms with Crippen LogP contribution in [0.5, 0.6) is 0 Å². The summed E-state index contributed by atoms with van der Waals surface area (Å²) in [4.78, 5) is 2.60. The Hall–Kier alpha value is -0.860. The minimum atomic E-state index is 0.389. The molecule has 0 saturated carbocycles. The van der Waals surface area contributed by atoms with E-state index < -0.39 is 0 Å².